The number of esters is 1. The standard InChI is InChI=1S/C20H21N3O4S2/c1-13-10-16(14(2)23(13)11-15-4-3-8-28-15)17(24)12-27-19(26)6-5-18(25)22-20-21-7-9-29-20/h3-4,7-10H,5-6,11-12H2,1-2H3,(H,21,22,25). The summed E-state index contributed by atoms with van der Waals surface area (Å²) < 4.78 is 7.14. The molecular formula is C20H21N3O4S2. The van der Waals surface area contributed by atoms with Gasteiger partial charge in [0.15, 0.2) is 11.7 Å². The van der Waals surface area contributed by atoms with E-state index < -0.39 is 5.97 Å². The number of rotatable bonds is 9. The van der Waals surface area contributed by atoms with Crippen molar-refractivity contribution in [3.8, 4) is 0 Å². The van der Waals surface area contributed by atoms with Gasteiger partial charge in [-0.1, -0.05) is 6.07 Å². The van der Waals surface area contributed by atoms with Crippen molar-refractivity contribution < 1.29 is 19.1 Å². The van der Waals surface area contributed by atoms with Crippen molar-refractivity contribution in [1.29, 1.82) is 0 Å². The van der Waals surface area contributed by atoms with Crippen LogP contribution in [0.4, 0.5) is 5.13 Å². The van der Waals surface area contributed by atoms with Crippen LogP contribution in [-0.2, 0) is 20.9 Å². The van der Waals surface area contributed by atoms with Crippen LogP contribution in [0.1, 0.15) is 39.5 Å². The van der Waals surface area contributed by atoms with Gasteiger partial charge in [0.2, 0.25) is 11.7 Å². The van der Waals surface area contributed by atoms with Crippen LogP contribution in [0, 0.1) is 13.8 Å². The Morgan fingerprint density at radius 2 is 2.00 bits per heavy atom. The third-order valence-electron chi connectivity index (χ3n) is 4.37. The van der Waals surface area contributed by atoms with E-state index in [0.29, 0.717) is 17.2 Å². The number of aryl methyl sites for hydroxylation is 1. The molecule has 0 spiro atoms. The van der Waals surface area contributed by atoms with Crippen molar-refractivity contribution >= 4 is 45.5 Å². The van der Waals surface area contributed by atoms with Crippen LogP contribution in [0.2, 0.25) is 0 Å². The molecule has 0 aliphatic rings. The first-order valence-corrected chi connectivity index (χ1v) is 10.8. The maximum Gasteiger partial charge on any atom is 0.306 e. The lowest BCUT2D eigenvalue weighted by Gasteiger charge is -2.08. The Balaban J connectivity index is 1.48. The van der Waals surface area contributed by atoms with Crippen LogP contribution < -0.4 is 5.32 Å². The fourth-order valence-corrected chi connectivity index (χ4v) is 4.10. The van der Waals surface area contributed by atoms with Gasteiger partial charge in [-0.25, -0.2) is 4.98 Å². The minimum atomic E-state index is -0.583. The van der Waals surface area contributed by atoms with Crippen molar-refractivity contribution in [2.75, 3.05) is 11.9 Å². The minimum Gasteiger partial charge on any atom is -0.457 e. The summed E-state index contributed by atoms with van der Waals surface area (Å²) in [4.78, 5) is 41.3. The molecule has 0 aliphatic heterocycles. The van der Waals surface area contributed by atoms with Crippen molar-refractivity contribution in [3.05, 3.63) is 57.0 Å². The number of ketones is 1. The Labute approximate surface area is 176 Å². The van der Waals surface area contributed by atoms with Crippen molar-refractivity contribution in [2.45, 2.75) is 33.2 Å². The number of nitrogens with zero attached hydrogens (tertiary/aromatic N) is 2. The molecule has 0 radical (unpaired) electrons. The number of anilines is 1. The number of carbonyl (C=O) groups excluding carboxylic acids is 3. The van der Waals surface area contributed by atoms with Gasteiger partial charge in [0.25, 0.3) is 0 Å². The molecule has 152 valence electrons. The number of aromatic nitrogens is 2. The largest absolute Gasteiger partial charge is 0.457 e. The number of carbonyl (C=O) groups is 3. The molecule has 3 heterocycles. The van der Waals surface area contributed by atoms with Crippen LogP contribution in [0.15, 0.2) is 35.2 Å². The quantitative estimate of drug-likeness (QED) is 0.411. The third-order valence-corrected chi connectivity index (χ3v) is 5.92. The zero-order valence-electron chi connectivity index (χ0n) is 16.1. The Morgan fingerprint density at radius 1 is 1.17 bits per heavy atom. The van der Waals surface area contributed by atoms with E-state index in [1.165, 1.54) is 16.2 Å². The van der Waals surface area contributed by atoms with E-state index >= 15 is 0 Å². The summed E-state index contributed by atoms with van der Waals surface area (Å²) in [5.74, 6) is -1.16. The maximum atomic E-state index is 12.5. The highest BCUT2D eigenvalue weighted by Gasteiger charge is 2.18. The molecule has 0 unspecified atom stereocenters. The van der Waals surface area contributed by atoms with Crippen LogP contribution in [0.5, 0.6) is 0 Å². The summed E-state index contributed by atoms with van der Waals surface area (Å²) in [6.07, 6.45) is 1.46. The molecular weight excluding hydrogens is 410 g/mol. The fraction of sp³-hybridized carbons (Fsp3) is 0.300. The average Bonchev–Trinajstić information content (AvgIpc) is 3.44. The predicted molar refractivity (Wildman–Crippen MR) is 113 cm³/mol. The van der Waals surface area contributed by atoms with Crippen molar-refractivity contribution in [2.24, 2.45) is 0 Å². The normalized spacial score (nSPS) is 10.7. The smallest absolute Gasteiger partial charge is 0.306 e. The van der Waals surface area contributed by atoms with Gasteiger partial charge < -0.3 is 14.6 Å². The molecule has 1 N–H and O–H groups in total. The van der Waals surface area contributed by atoms with E-state index in [0.717, 1.165) is 11.4 Å². The van der Waals surface area contributed by atoms with E-state index in [-0.39, 0.29) is 31.1 Å². The van der Waals surface area contributed by atoms with Crippen LogP contribution in [0.3, 0.4) is 0 Å². The van der Waals surface area contributed by atoms with Crippen LogP contribution in [-0.4, -0.2) is 33.8 Å². The van der Waals surface area contributed by atoms with Gasteiger partial charge in [0.1, 0.15) is 0 Å². The number of thiophene rings is 1. The van der Waals surface area contributed by atoms with E-state index in [2.05, 4.69) is 20.9 Å². The summed E-state index contributed by atoms with van der Waals surface area (Å²) in [7, 11) is 0. The number of hydrogen-bond acceptors (Lipinski definition) is 7. The van der Waals surface area contributed by atoms with Gasteiger partial charge in [0.05, 0.1) is 13.0 Å². The number of hydrogen-bond donors (Lipinski definition) is 1. The minimum absolute atomic E-state index is 0.0259. The van der Waals surface area contributed by atoms with Gasteiger partial charge >= 0.3 is 5.97 Å². The molecule has 7 nitrogen and oxygen atoms in total. The van der Waals surface area contributed by atoms with Gasteiger partial charge in [-0.15, -0.1) is 22.7 Å². The van der Waals surface area contributed by atoms with Crippen LogP contribution >= 0.6 is 22.7 Å². The second kappa shape index (κ2) is 9.62. The Bertz CT molecular complexity index is 992. The monoisotopic (exact) mass is 431 g/mol. The first kappa shape index (κ1) is 20.9. The Kier molecular flexibility index (Phi) is 6.95. The van der Waals surface area contributed by atoms with Crippen molar-refractivity contribution in [1.82, 2.24) is 9.55 Å². The number of thiazole rings is 1. The molecule has 1 amide bonds. The van der Waals surface area contributed by atoms with Crippen molar-refractivity contribution in [3.63, 3.8) is 0 Å². The molecule has 3 rings (SSSR count). The molecule has 3 aromatic heterocycles. The third kappa shape index (κ3) is 5.61. The molecule has 29 heavy (non-hydrogen) atoms. The summed E-state index contributed by atoms with van der Waals surface area (Å²) in [6.45, 7) is 4.20. The Morgan fingerprint density at radius 3 is 2.69 bits per heavy atom. The number of amides is 1. The topological polar surface area (TPSA) is 90.3 Å². The first-order valence-electron chi connectivity index (χ1n) is 9.01. The number of Topliss-reactive ketones (excluding diaryl/α,β-unsaturated/α-hetero) is 1. The van der Waals surface area contributed by atoms with Gasteiger partial charge in [0, 0.05) is 39.8 Å². The van der Waals surface area contributed by atoms with Gasteiger partial charge in [-0.3, -0.25) is 14.4 Å². The maximum absolute atomic E-state index is 12.5. The molecule has 3 aromatic rings. The molecule has 0 atom stereocenters. The Hall–Kier alpha value is -2.78. The summed E-state index contributed by atoms with van der Waals surface area (Å²) in [5, 5.41) is 6.84. The highest BCUT2D eigenvalue weighted by molar-refractivity contribution is 7.13. The van der Waals surface area contributed by atoms with Crippen LogP contribution in [0.25, 0.3) is 0 Å². The van der Waals surface area contributed by atoms with Gasteiger partial charge in [-0.2, -0.15) is 0 Å². The fourth-order valence-electron chi connectivity index (χ4n) is 2.86. The molecule has 0 fully saturated rings. The van der Waals surface area contributed by atoms with E-state index in [1.54, 1.807) is 22.9 Å². The zero-order valence-corrected chi connectivity index (χ0v) is 17.8. The van der Waals surface area contributed by atoms with E-state index in [1.807, 2.05) is 31.4 Å². The summed E-state index contributed by atoms with van der Waals surface area (Å²) >= 11 is 2.96. The molecule has 0 aliphatic carbocycles. The molecule has 0 saturated heterocycles. The van der Waals surface area contributed by atoms with E-state index in [4.69, 9.17) is 4.74 Å². The summed E-state index contributed by atoms with van der Waals surface area (Å²) in [6, 6.07) is 5.87. The second-order valence-electron chi connectivity index (χ2n) is 6.42. The highest BCUT2D eigenvalue weighted by Crippen LogP contribution is 2.20. The average molecular weight is 432 g/mol. The lowest BCUT2D eigenvalue weighted by atomic mass is 10.1. The lowest BCUT2D eigenvalue weighted by molar-refractivity contribution is -0.143. The van der Waals surface area contributed by atoms with Gasteiger partial charge in [-0.05, 0) is 31.4 Å². The first-order chi connectivity index (χ1) is 13.9. The molecule has 0 aromatic carbocycles. The molecule has 9 heteroatoms. The lowest BCUT2D eigenvalue weighted by Crippen LogP contribution is -2.17. The number of ether oxygens (including phenoxy) is 1. The zero-order chi connectivity index (χ0) is 20.8. The molecule has 0 saturated carbocycles. The predicted octanol–water partition coefficient (Wildman–Crippen LogP) is 3.82. The number of nitrogens with one attached hydrogen (secondary N) is 1. The van der Waals surface area contributed by atoms with E-state index in [9.17, 15) is 14.4 Å². The highest BCUT2D eigenvalue weighted by atomic mass is 32.1. The summed E-state index contributed by atoms with van der Waals surface area (Å²) in [5.41, 5.74) is 2.37. The second-order valence-corrected chi connectivity index (χ2v) is 8.35. The SMILES string of the molecule is Cc1cc(C(=O)COC(=O)CCC(=O)Nc2nccs2)c(C)n1Cc1cccs1. The molecule has 0 bridgehead atoms.